The summed E-state index contributed by atoms with van der Waals surface area (Å²) < 4.78 is 28.2. The molecule has 2 aliphatic rings. The molecule has 2 aliphatic heterocycles. The normalized spacial score (nSPS) is 16.4. The second-order valence-corrected chi connectivity index (χ2v) is 10.1. The average Bonchev–Trinajstić information content (AvgIpc) is 3.32. The quantitative estimate of drug-likeness (QED) is 0.417. The number of alkyl halides is 2. The van der Waals surface area contributed by atoms with Crippen molar-refractivity contribution in [3.63, 3.8) is 0 Å². The molecule has 2 saturated heterocycles. The van der Waals surface area contributed by atoms with Crippen LogP contribution in [-0.2, 0) is 11.8 Å². The number of anilines is 3. The van der Waals surface area contributed by atoms with Gasteiger partial charge in [0, 0.05) is 75.3 Å². The molecule has 3 aromatic rings. The standard InChI is InChI=1S/C26H31F2N9O2/c1-30-25(39)18-9-17(13-35(18)2)24-33-20(32-19-10-16(23(27)28)3-6-31-19)11-21(34-24)37-14-26(15-37)4-7-36(8-5-26)22(38)12-29/h3,6,9-11,13,23H,4-5,7-8,12,14-15,29H2,1-2H3,(H,30,39)(H,31,32,33,34). The molecular weight excluding hydrogens is 508 g/mol. The van der Waals surface area contributed by atoms with E-state index in [0.29, 0.717) is 41.8 Å². The van der Waals surface area contributed by atoms with Gasteiger partial charge in [-0.1, -0.05) is 0 Å². The second kappa shape index (κ2) is 10.6. The molecule has 2 amide bonds. The van der Waals surface area contributed by atoms with Gasteiger partial charge in [-0.15, -0.1) is 0 Å². The lowest BCUT2D eigenvalue weighted by Gasteiger charge is -2.54. The number of piperidine rings is 1. The fourth-order valence-electron chi connectivity index (χ4n) is 5.21. The van der Waals surface area contributed by atoms with Gasteiger partial charge in [-0.05, 0) is 31.0 Å². The number of aromatic nitrogens is 4. The lowest BCUT2D eigenvalue weighted by molar-refractivity contribution is -0.132. The number of amides is 2. The summed E-state index contributed by atoms with van der Waals surface area (Å²) in [7, 11) is 3.32. The van der Waals surface area contributed by atoms with Crippen LogP contribution in [-0.4, -0.2) is 76.0 Å². The van der Waals surface area contributed by atoms with Crippen molar-refractivity contribution in [1.29, 1.82) is 0 Å². The first-order valence-electron chi connectivity index (χ1n) is 12.7. The number of nitrogens with two attached hydrogens (primary N) is 1. The molecule has 39 heavy (non-hydrogen) atoms. The molecule has 0 bridgehead atoms. The first-order valence-corrected chi connectivity index (χ1v) is 12.7. The third-order valence-corrected chi connectivity index (χ3v) is 7.46. The number of hydrogen-bond donors (Lipinski definition) is 3. The predicted molar refractivity (Wildman–Crippen MR) is 142 cm³/mol. The molecule has 4 N–H and O–H groups in total. The molecule has 5 heterocycles. The zero-order valence-electron chi connectivity index (χ0n) is 21.8. The molecule has 3 aromatic heterocycles. The van der Waals surface area contributed by atoms with Crippen molar-refractivity contribution >= 4 is 29.3 Å². The van der Waals surface area contributed by atoms with Gasteiger partial charge in [-0.3, -0.25) is 9.59 Å². The smallest absolute Gasteiger partial charge is 0.267 e. The molecule has 0 unspecified atom stereocenters. The highest BCUT2D eigenvalue weighted by atomic mass is 19.3. The van der Waals surface area contributed by atoms with Crippen LogP contribution in [0.25, 0.3) is 11.4 Å². The number of aryl methyl sites for hydroxylation is 1. The molecule has 5 rings (SSSR count). The number of halogens is 2. The van der Waals surface area contributed by atoms with Gasteiger partial charge in [0.2, 0.25) is 5.91 Å². The first kappa shape index (κ1) is 26.5. The summed E-state index contributed by atoms with van der Waals surface area (Å²) in [6.45, 7) is 2.93. The average molecular weight is 540 g/mol. The Morgan fingerprint density at radius 2 is 1.87 bits per heavy atom. The van der Waals surface area contributed by atoms with E-state index in [-0.39, 0.29) is 35.2 Å². The minimum atomic E-state index is -2.62. The molecular formula is C26H31F2N9O2. The van der Waals surface area contributed by atoms with E-state index in [9.17, 15) is 18.4 Å². The van der Waals surface area contributed by atoms with Crippen molar-refractivity contribution in [2.45, 2.75) is 19.3 Å². The maximum atomic E-state index is 13.2. The summed E-state index contributed by atoms with van der Waals surface area (Å²) in [4.78, 5) is 41.8. The number of likely N-dealkylation sites (tertiary alicyclic amines) is 1. The van der Waals surface area contributed by atoms with E-state index < -0.39 is 6.43 Å². The van der Waals surface area contributed by atoms with E-state index in [1.54, 1.807) is 37.0 Å². The van der Waals surface area contributed by atoms with Crippen LogP contribution in [0.15, 0.2) is 36.7 Å². The van der Waals surface area contributed by atoms with Crippen LogP contribution in [0, 0.1) is 5.41 Å². The number of pyridine rings is 1. The molecule has 0 saturated carbocycles. The Balaban J connectivity index is 1.42. The van der Waals surface area contributed by atoms with Crippen LogP contribution in [0.4, 0.5) is 26.2 Å². The number of hydrogen-bond acceptors (Lipinski definition) is 8. The van der Waals surface area contributed by atoms with Crippen molar-refractivity contribution in [3.8, 4) is 11.4 Å². The van der Waals surface area contributed by atoms with E-state index in [4.69, 9.17) is 10.7 Å². The molecule has 206 valence electrons. The molecule has 0 aromatic carbocycles. The van der Waals surface area contributed by atoms with Crippen LogP contribution >= 0.6 is 0 Å². The van der Waals surface area contributed by atoms with E-state index >= 15 is 0 Å². The maximum absolute atomic E-state index is 13.2. The predicted octanol–water partition coefficient (Wildman–Crippen LogP) is 2.31. The van der Waals surface area contributed by atoms with Gasteiger partial charge in [0.15, 0.2) is 5.82 Å². The van der Waals surface area contributed by atoms with Gasteiger partial charge in [-0.2, -0.15) is 0 Å². The summed E-state index contributed by atoms with van der Waals surface area (Å²) in [5.41, 5.74) is 6.55. The zero-order chi connectivity index (χ0) is 27.7. The Bertz CT molecular complexity index is 1380. The Labute approximate surface area is 224 Å². The monoisotopic (exact) mass is 539 g/mol. The van der Waals surface area contributed by atoms with Crippen LogP contribution in [0.3, 0.4) is 0 Å². The number of rotatable bonds is 7. The van der Waals surface area contributed by atoms with Crippen LogP contribution in [0.2, 0.25) is 0 Å². The highest BCUT2D eigenvalue weighted by molar-refractivity contribution is 5.94. The molecule has 0 aliphatic carbocycles. The number of carbonyl (C=O) groups is 2. The minimum absolute atomic E-state index is 0.0226. The van der Waals surface area contributed by atoms with Crippen molar-refractivity contribution < 1.29 is 18.4 Å². The molecule has 13 heteroatoms. The summed E-state index contributed by atoms with van der Waals surface area (Å²) in [5, 5.41) is 5.66. The Hall–Kier alpha value is -4.13. The Kier molecular flexibility index (Phi) is 7.17. The minimum Gasteiger partial charge on any atom is -0.355 e. The SMILES string of the molecule is CNC(=O)c1cc(-c2nc(Nc3cc(C(F)F)ccn3)cc(N3CC4(CCN(C(=O)CN)CC4)C3)n2)cn1C. The second-order valence-electron chi connectivity index (χ2n) is 10.1. The van der Waals surface area contributed by atoms with Crippen molar-refractivity contribution in [3.05, 3.63) is 47.9 Å². The number of nitrogens with zero attached hydrogens (tertiary/aromatic N) is 6. The van der Waals surface area contributed by atoms with E-state index in [1.165, 1.54) is 18.3 Å². The van der Waals surface area contributed by atoms with E-state index in [2.05, 4.69) is 25.5 Å². The number of carbonyl (C=O) groups excluding carboxylic acids is 2. The fraction of sp³-hybridized carbons (Fsp3) is 0.423. The summed E-state index contributed by atoms with van der Waals surface area (Å²) in [6, 6.07) is 6.03. The van der Waals surface area contributed by atoms with Gasteiger partial charge in [-0.25, -0.2) is 23.7 Å². The Morgan fingerprint density at radius 1 is 1.13 bits per heavy atom. The molecule has 0 radical (unpaired) electrons. The van der Waals surface area contributed by atoms with Gasteiger partial charge in [0.25, 0.3) is 12.3 Å². The van der Waals surface area contributed by atoms with Gasteiger partial charge >= 0.3 is 0 Å². The van der Waals surface area contributed by atoms with E-state index in [1.807, 2.05) is 4.90 Å². The highest BCUT2D eigenvalue weighted by Gasteiger charge is 2.46. The summed E-state index contributed by atoms with van der Waals surface area (Å²) in [5.74, 6) is 1.42. The largest absolute Gasteiger partial charge is 0.355 e. The first-order chi connectivity index (χ1) is 18.7. The van der Waals surface area contributed by atoms with Crippen molar-refractivity contribution in [2.24, 2.45) is 18.2 Å². The summed E-state index contributed by atoms with van der Waals surface area (Å²) in [6.07, 6.45) is 2.24. The summed E-state index contributed by atoms with van der Waals surface area (Å²) >= 11 is 0. The molecule has 2 fully saturated rings. The molecule has 1 spiro atoms. The fourth-order valence-corrected chi connectivity index (χ4v) is 5.21. The molecule has 0 atom stereocenters. The molecule has 11 nitrogen and oxygen atoms in total. The van der Waals surface area contributed by atoms with Crippen LogP contribution < -0.4 is 21.3 Å². The number of nitrogens with one attached hydrogen (secondary N) is 2. The van der Waals surface area contributed by atoms with Crippen molar-refractivity contribution in [1.82, 2.24) is 29.7 Å². The lowest BCUT2D eigenvalue weighted by atomic mass is 9.72. The van der Waals surface area contributed by atoms with E-state index in [0.717, 1.165) is 25.9 Å². The van der Waals surface area contributed by atoms with Gasteiger partial charge in [0.05, 0.1) is 6.54 Å². The van der Waals surface area contributed by atoms with Crippen LogP contribution in [0.1, 0.15) is 35.3 Å². The van der Waals surface area contributed by atoms with Crippen LogP contribution in [0.5, 0.6) is 0 Å². The van der Waals surface area contributed by atoms with Crippen molar-refractivity contribution in [2.75, 3.05) is 50.0 Å². The lowest BCUT2D eigenvalue weighted by Crippen LogP contribution is -2.61. The van der Waals surface area contributed by atoms with Gasteiger partial charge in [0.1, 0.15) is 23.1 Å². The van der Waals surface area contributed by atoms with Gasteiger partial charge < -0.3 is 30.7 Å². The third kappa shape index (κ3) is 5.39. The third-order valence-electron chi connectivity index (χ3n) is 7.46. The Morgan fingerprint density at radius 3 is 2.54 bits per heavy atom. The topological polar surface area (TPSA) is 134 Å². The maximum Gasteiger partial charge on any atom is 0.267 e. The highest BCUT2D eigenvalue weighted by Crippen LogP contribution is 2.43. The zero-order valence-corrected chi connectivity index (χ0v) is 21.8.